The first-order chi connectivity index (χ1) is 11.6. The van der Waals surface area contributed by atoms with Crippen LogP contribution in [0, 0.1) is 0 Å². The monoisotopic (exact) mass is 347 g/mol. The van der Waals surface area contributed by atoms with Gasteiger partial charge in [-0.25, -0.2) is 4.98 Å². The maximum atomic E-state index is 12.2. The van der Waals surface area contributed by atoms with Gasteiger partial charge in [-0.1, -0.05) is 37.3 Å². The van der Waals surface area contributed by atoms with Crippen molar-refractivity contribution in [1.82, 2.24) is 9.88 Å². The molecule has 24 heavy (non-hydrogen) atoms. The van der Waals surface area contributed by atoms with Crippen LogP contribution in [0.1, 0.15) is 13.3 Å². The van der Waals surface area contributed by atoms with E-state index in [0.717, 1.165) is 17.7 Å². The molecule has 2 rings (SSSR count). The molecule has 7 heteroatoms. The van der Waals surface area contributed by atoms with E-state index >= 15 is 0 Å². The maximum Gasteiger partial charge on any atom is 0.249 e. The van der Waals surface area contributed by atoms with Gasteiger partial charge in [0.05, 0.1) is 12.2 Å². The van der Waals surface area contributed by atoms with Crippen molar-refractivity contribution < 1.29 is 14.3 Å². The highest BCUT2D eigenvalue weighted by atomic mass is 32.1. The molecule has 2 aromatic rings. The predicted octanol–water partition coefficient (Wildman–Crippen LogP) is 2.63. The molecule has 0 fully saturated rings. The zero-order chi connectivity index (χ0) is 17.4. The molecule has 0 radical (unpaired) electrons. The number of benzene rings is 1. The molecule has 2 amide bonds. The molecule has 1 aromatic carbocycles. The summed E-state index contributed by atoms with van der Waals surface area (Å²) >= 11 is 1.36. The van der Waals surface area contributed by atoms with Crippen molar-refractivity contribution in [1.29, 1.82) is 0 Å². The average Bonchev–Trinajstić information content (AvgIpc) is 3.04. The van der Waals surface area contributed by atoms with Crippen LogP contribution in [0.2, 0.25) is 0 Å². The second-order valence-electron chi connectivity index (χ2n) is 5.20. The predicted molar refractivity (Wildman–Crippen MR) is 94.9 cm³/mol. The van der Waals surface area contributed by atoms with Gasteiger partial charge in [-0.05, 0) is 6.42 Å². The summed E-state index contributed by atoms with van der Waals surface area (Å²) in [6.45, 7) is 2.44. The van der Waals surface area contributed by atoms with E-state index in [9.17, 15) is 9.59 Å². The van der Waals surface area contributed by atoms with Crippen molar-refractivity contribution in [3.8, 4) is 11.3 Å². The van der Waals surface area contributed by atoms with Crippen LogP contribution in [0.4, 0.5) is 5.13 Å². The summed E-state index contributed by atoms with van der Waals surface area (Å²) in [5, 5.41) is 5.17. The van der Waals surface area contributed by atoms with Crippen molar-refractivity contribution >= 4 is 28.3 Å². The van der Waals surface area contributed by atoms with Crippen molar-refractivity contribution in [2.75, 3.05) is 32.1 Å². The number of rotatable bonds is 8. The number of nitrogens with zero attached hydrogens (tertiary/aromatic N) is 2. The first kappa shape index (κ1) is 18.1. The van der Waals surface area contributed by atoms with Crippen LogP contribution in [0.3, 0.4) is 0 Å². The minimum absolute atomic E-state index is 0.00369. The number of carbonyl (C=O) groups excluding carboxylic acids is 2. The van der Waals surface area contributed by atoms with E-state index in [4.69, 9.17) is 4.74 Å². The SMILES string of the molecule is CCCN(CC(=O)Nc1nc(-c2ccccc2)cs1)C(=O)COC. The maximum absolute atomic E-state index is 12.2. The lowest BCUT2D eigenvalue weighted by atomic mass is 10.2. The Morgan fingerprint density at radius 3 is 2.71 bits per heavy atom. The van der Waals surface area contributed by atoms with Crippen LogP contribution in [0.15, 0.2) is 35.7 Å². The van der Waals surface area contributed by atoms with E-state index in [0.29, 0.717) is 11.7 Å². The van der Waals surface area contributed by atoms with Crippen LogP contribution in [-0.4, -0.2) is 48.5 Å². The molecule has 0 saturated carbocycles. The number of anilines is 1. The third-order valence-electron chi connectivity index (χ3n) is 3.27. The number of hydrogen-bond acceptors (Lipinski definition) is 5. The molecule has 0 aliphatic heterocycles. The number of ether oxygens (including phenoxy) is 1. The molecule has 0 unspecified atom stereocenters. The molecule has 0 aliphatic rings. The fourth-order valence-corrected chi connectivity index (χ4v) is 2.92. The summed E-state index contributed by atoms with van der Waals surface area (Å²) in [6.07, 6.45) is 0.776. The Labute approximate surface area is 145 Å². The van der Waals surface area contributed by atoms with E-state index < -0.39 is 0 Å². The quantitative estimate of drug-likeness (QED) is 0.797. The molecule has 0 spiro atoms. The van der Waals surface area contributed by atoms with Crippen LogP contribution in [0.25, 0.3) is 11.3 Å². The van der Waals surface area contributed by atoms with Gasteiger partial charge in [-0.2, -0.15) is 0 Å². The van der Waals surface area contributed by atoms with Crippen molar-refractivity contribution in [2.24, 2.45) is 0 Å². The molecule has 1 aromatic heterocycles. The Hall–Kier alpha value is -2.25. The van der Waals surface area contributed by atoms with Crippen molar-refractivity contribution in [3.63, 3.8) is 0 Å². The fraction of sp³-hybridized carbons (Fsp3) is 0.353. The number of amides is 2. The summed E-state index contributed by atoms with van der Waals surface area (Å²) in [4.78, 5) is 30.0. The normalized spacial score (nSPS) is 10.4. The Balaban J connectivity index is 1.96. The Morgan fingerprint density at radius 2 is 2.04 bits per heavy atom. The number of thiazole rings is 1. The molecule has 0 aliphatic carbocycles. The van der Waals surface area contributed by atoms with Gasteiger partial charge >= 0.3 is 0 Å². The van der Waals surface area contributed by atoms with Crippen LogP contribution in [0.5, 0.6) is 0 Å². The molecule has 6 nitrogen and oxygen atoms in total. The van der Waals surface area contributed by atoms with Crippen molar-refractivity contribution in [2.45, 2.75) is 13.3 Å². The van der Waals surface area contributed by atoms with Crippen LogP contribution < -0.4 is 5.32 Å². The summed E-state index contributed by atoms with van der Waals surface area (Å²) in [5.74, 6) is -0.458. The lowest BCUT2D eigenvalue weighted by Crippen LogP contribution is -2.40. The van der Waals surface area contributed by atoms with E-state index in [2.05, 4.69) is 10.3 Å². The molecule has 0 saturated heterocycles. The third-order valence-corrected chi connectivity index (χ3v) is 4.03. The van der Waals surface area contributed by atoms with Gasteiger partial charge in [-0.15, -0.1) is 11.3 Å². The third kappa shape index (κ3) is 5.14. The fourth-order valence-electron chi connectivity index (χ4n) is 2.18. The molecular formula is C17H21N3O3S. The van der Waals surface area contributed by atoms with Crippen LogP contribution >= 0.6 is 11.3 Å². The highest BCUT2D eigenvalue weighted by Gasteiger charge is 2.17. The van der Waals surface area contributed by atoms with Gasteiger partial charge in [0.1, 0.15) is 6.61 Å². The Bertz CT molecular complexity index is 673. The summed E-state index contributed by atoms with van der Waals surface area (Å²) < 4.78 is 4.85. The number of nitrogens with one attached hydrogen (secondary N) is 1. The van der Waals surface area contributed by atoms with Gasteiger partial charge in [0.2, 0.25) is 11.8 Å². The lowest BCUT2D eigenvalue weighted by Gasteiger charge is -2.20. The average molecular weight is 347 g/mol. The van der Waals surface area contributed by atoms with E-state index in [-0.39, 0.29) is 25.0 Å². The van der Waals surface area contributed by atoms with Gasteiger partial charge in [0.15, 0.2) is 5.13 Å². The molecule has 0 bridgehead atoms. The van der Waals surface area contributed by atoms with E-state index in [1.54, 1.807) is 0 Å². The summed E-state index contributed by atoms with van der Waals surface area (Å²) in [5.41, 5.74) is 1.81. The Kier molecular flexibility index (Phi) is 6.89. The standard InChI is InChI=1S/C17H21N3O3S/c1-3-9-20(16(22)11-23-2)10-15(21)19-17-18-14(12-24-17)13-7-5-4-6-8-13/h4-8,12H,3,9-11H2,1-2H3,(H,18,19,21). The molecule has 1 heterocycles. The van der Waals surface area contributed by atoms with Gasteiger partial charge in [0.25, 0.3) is 0 Å². The van der Waals surface area contributed by atoms with E-state index in [1.165, 1.54) is 23.3 Å². The smallest absolute Gasteiger partial charge is 0.249 e. The minimum Gasteiger partial charge on any atom is -0.375 e. The van der Waals surface area contributed by atoms with Gasteiger partial charge in [0, 0.05) is 24.6 Å². The molecule has 1 N–H and O–H groups in total. The topological polar surface area (TPSA) is 71.5 Å². The van der Waals surface area contributed by atoms with Crippen LogP contribution in [-0.2, 0) is 14.3 Å². The second-order valence-corrected chi connectivity index (χ2v) is 6.06. The highest BCUT2D eigenvalue weighted by Crippen LogP contribution is 2.24. The van der Waals surface area contributed by atoms with Gasteiger partial charge < -0.3 is 15.0 Å². The first-order valence-electron chi connectivity index (χ1n) is 7.71. The first-order valence-corrected chi connectivity index (χ1v) is 8.59. The minimum atomic E-state index is -0.262. The number of hydrogen-bond donors (Lipinski definition) is 1. The molecule has 128 valence electrons. The number of aromatic nitrogens is 1. The molecule has 0 atom stereocenters. The summed E-state index contributed by atoms with van der Waals surface area (Å²) in [6, 6.07) is 9.76. The highest BCUT2D eigenvalue weighted by molar-refractivity contribution is 7.14. The largest absolute Gasteiger partial charge is 0.375 e. The number of methoxy groups -OCH3 is 1. The summed E-state index contributed by atoms with van der Waals surface area (Å²) in [7, 11) is 1.46. The molecular weight excluding hydrogens is 326 g/mol. The lowest BCUT2D eigenvalue weighted by molar-refractivity contribution is -0.138. The van der Waals surface area contributed by atoms with Gasteiger partial charge in [-0.3, -0.25) is 9.59 Å². The Morgan fingerprint density at radius 1 is 1.29 bits per heavy atom. The zero-order valence-corrected chi connectivity index (χ0v) is 14.6. The van der Waals surface area contributed by atoms with Crippen molar-refractivity contribution in [3.05, 3.63) is 35.7 Å². The zero-order valence-electron chi connectivity index (χ0n) is 13.8. The second kappa shape index (κ2) is 9.14. The van der Waals surface area contributed by atoms with E-state index in [1.807, 2.05) is 42.6 Å². The number of carbonyl (C=O) groups is 2.